The first-order valence-electron chi connectivity index (χ1n) is 7.94. The van der Waals surface area contributed by atoms with Crippen LogP contribution >= 0.6 is 0 Å². The summed E-state index contributed by atoms with van der Waals surface area (Å²) in [6, 6.07) is 5.69. The van der Waals surface area contributed by atoms with E-state index in [1.807, 2.05) is 32.3 Å². The van der Waals surface area contributed by atoms with Crippen LogP contribution in [0.5, 0.6) is 11.5 Å². The number of nitrogens with zero attached hydrogens (tertiary/aromatic N) is 1. The maximum atomic E-state index is 12.1. The molecule has 0 radical (unpaired) electrons. The standard InChI is InChI=1S/C17H27N3O3/c1-20(2)11-5-10-18-16(21)19-17(8-9-17)13-6-7-14(22-3)15(12-13)23-4/h6-7,12H,5,8-11H2,1-4H3,(H2,18,19,21). The van der Waals surface area contributed by atoms with E-state index in [1.165, 1.54) is 0 Å². The van der Waals surface area contributed by atoms with Gasteiger partial charge in [-0.1, -0.05) is 6.07 Å². The molecule has 2 amide bonds. The average molecular weight is 321 g/mol. The van der Waals surface area contributed by atoms with Gasteiger partial charge in [0.25, 0.3) is 0 Å². The second kappa shape index (κ2) is 7.55. The maximum Gasteiger partial charge on any atom is 0.315 e. The number of rotatable bonds is 8. The van der Waals surface area contributed by atoms with Crippen LogP contribution in [0.3, 0.4) is 0 Å². The van der Waals surface area contributed by atoms with Crippen molar-refractivity contribution < 1.29 is 14.3 Å². The minimum Gasteiger partial charge on any atom is -0.493 e. The van der Waals surface area contributed by atoms with E-state index in [0.29, 0.717) is 18.0 Å². The van der Waals surface area contributed by atoms with Crippen molar-refractivity contribution in [3.05, 3.63) is 23.8 Å². The van der Waals surface area contributed by atoms with Gasteiger partial charge in [-0.15, -0.1) is 0 Å². The molecule has 23 heavy (non-hydrogen) atoms. The second-order valence-electron chi connectivity index (χ2n) is 6.19. The zero-order valence-electron chi connectivity index (χ0n) is 14.4. The number of benzene rings is 1. The van der Waals surface area contributed by atoms with Gasteiger partial charge in [-0.3, -0.25) is 0 Å². The lowest BCUT2D eigenvalue weighted by atomic mass is 10.0. The summed E-state index contributed by atoms with van der Waals surface area (Å²) >= 11 is 0. The molecule has 6 nitrogen and oxygen atoms in total. The lowest BCUT2D eigenvalue weighted by Gasteiger charge is -2.20. The summed E-state index contributed by atoms with van der Waals surface area (Å²) in [6.45, 7) is 1.63. The summed E-state index contributed by atoms with van der Waals surface area (Å²) in [5.74, 6) is 1.38. The molecule has 1 saturated carbocycles. The molecule has 2 N–H and O–H groups in total. The van der Waals surface area contributed by atoms with Gasteiger partial charge in [-0.25, -0.2) is 4.79 Å². The molecule has 1 aliphatic carbocycles. The predicted octanol–water partition coefficient (Wildman–Crippen LogP) is 1.94. The molecule has 0 aromatic heterocycles. The molecular formula is C17H27N3O3. The Morgan fingerprint density at radius 1 is 1.22 bits per heavy atom. The van der Waals surface area contributed by atoms with Crippen LogP contribution in [0, 0.1) is 0 Å². The van der Waals surface area contributed by atoms with E-state index in [-0.39, 0.29) is 11.6 Å². The SMILES string of the molecule is COc1ccc(C2(NC(=O)NCCCN(C)C)CC2)cc1OC. The predicted molar refractivity (Wildman–Crippen MR) is 90.2 cm³/mol. The van der Waals surface area contributed by atoms with Crippen molar-refractivity contribution >= 4 is 6.03 Å². The highest BCUT2D eigenvalue weighted by Crippen LogP contribution is 2.47. The van der Waals surface area contributed by atoms with Gasteiger partial charge >= 0.3 is 6.03 Å². The summed E-state index contributed by atoms with van der Waals surface area (Å²) in [5, 5.41) is 6.02. The van der Waals surface area contributed by atoms with Crippen molar-refractivity contribution in [2.24, 2.45) is 0 Å². The van der Waals surface area contributed by atoms with Crippen molar-refractivity contribution in [2.45, 2.75) is 24.8 Å². The molecule has 0 spiro atoms. The Hall–Kier alpha value is -1.95. The van der Waals surface area contributed by atoms with Crippen LogP contribution < -0.4 is 20.1 Å². The lowest BCUT2D eigenvalue weighted by molar-refractivity contribution is 0.235. The Morgan fingerprint density at radius 3 is 2.48 bits per heavy atom. The van der Waals surface area contributed by atoms with Gasteiger partial charge in [0, 0.05) is 6.54 Å². The van der Waals surface area contributed by atoms with Gasteiger partial charge in [0.1, 0.15) is 0 Å². The highest BCUT2D eigenvalue weighted by Gasteiger charge is 2.46. The van der Waals surface area contributed by atoms with E-state index in [9.17, 15) is 4.79 Å². The lowest BCUT2D eigenvalue weighted by Crippen LogP contribution is -2.42. The third-order valence-electron chi connectivity index (χ3n) is 4.11. The number of methoxy groups -OCH3 is 2. The van der Waals surface area contributed by atoms with Gasteiger partial charge in [-0.2, -0.15) is 0 Å². The Balaban J connectivity index is 1.93. The molecule has 0 saturated heterocycles. The van der Waals surface area contributed by atoms with E-state index >= 15 is 0 Å². The number of carbonyl (C=O) groups is 1. The fourth-order valence-electron chi connectivity index (χ4n) is 2.60. The molecule has 0 aliphatic heterocycles. The second-order valence-corrected chi connectivity index (χ2v) is 6.19. The van der Waals surface area contributed by atoms with Crippen LogP contribution in [0.2, 0.25) is 0 Å². The maximum absolute atomic E-state index is 12.1. The topological polar surface area (TPSA) is 62.8 Å². The number of carbonyl (C=O) groups excluding carboxylic acids is 1. The van der Waals surface area contributed by atoms with Gasteiger partial charge in [0.05, 0.1) is 19.8 Å². The number of nitrogens with one attached hydrogen (secondary N) is 2. The van der Waals surface area contributed by atoms with Crippen molar-refractivity contribution in [3.63, 3.8) is 0 Å². The van der Waals surface area contributed by atoms with E-state index in [4.69, 9.17) is 9.47 Å². The molecule has 0 heterocycles. The molecule has 1 aromatic rings. The van der Waals surface area contributed by atoms with Crippen molar-refractivity contribution in [2.75, 3.05) is 41.4 Å². The first kappa shape index (κ1) is 17.4. The molecular weight excluding hydrogens is 294 g/mol. The van der Waals surface area contributed by atoms with Crippen molar-refractivity contribution in [1.82, 2.24) is 15.5 Å². The molecule has 128 valence electrons. The summed E-state index contributed by atoms with van der Waals surface area (Å²) in [6.07, 6.45) is 2.81. The largest absolute Gasteiger partial charge is 0.493 e. The minimum atomic E-state index is -0.273. The third kappa shape index (κ3) is 4.51. The highest BCUT2D eigenvalue weighted by molar-refractivity contribution is 5.75. The molecule has 0 bridgehead atoms. The smallest absolute Gasteiger partial charge is 0.315 e. The summed E-state index contributed by atoms with van der Waals surface area (Å²) in [5.41, 5.74) is 0.782. The van der Waals surface area contributed by atoms with Crippen LogP contribution in [-0.2, 0) is 5.54 Å². The molecule has 2 rings (SSSR count). The normalized spacial score (nSPS) is 15.2. The zero-order chi connectivity index (χ0) is 16.9. The molecule has 1 fully saturated rings. The molecule has 0 atom stereocenters. The third-order valence-corrected chi connectivity index (χ3v) is 4.11. The van der Waals surface area contributed by atoms with Gasteiger partial charge < -0.3 is 25.0 Å². The number of amides is 2. The first-order chi connectivity index (χ1) is 11.0. The van der Waals surface area contributed by atoms with E-state index in [1.54, 1.807) is 14.2 Å². The quantitative estimate of drug-likeness (QED) is 0.718. The van der Waals surface area contributed by atoms with Crippen molar-refractivity contribution in [3.8, 4) is 11.5 Å². The van der Waals surface area contributed by atoms with E-state index in [0.717, 1.165) is 31.4 Å². The molecule has 0 unspecified atom stereocenters. The fourth-order valence-corrected chi connectivity index (χ4v) is 2.60. The zero-order valence-corrected chi connectivity index (χ0v) is 14.4. The van der Waals surface area contributed by atoms with Gasteiger partial charge in [-0.05, 0) is 57.6 Å². The Kier molecular flexibility index (Phi) is 5.71. The Bertz CT molecular complexity index is 542. The van der Waals surface area contributed by atoms with Gasteiger partial charge in [0.15, 0.2) is 11.5 Å². The Morgan fingerprint density at radius 2 is 1.91 bits per heavy atom. The number of hydrogen-bond acceptors (Lipinski definition) is 4. The number of ether oxygens (including phenoxy) is 2. The fraction of sp³-hybridized carbons (Fsp3) is 0.588. The molecule has 1 aromatic carbocycles. The van der Waals surface area contributed by atoms with Gasteiger partial charge in [0.2, 0.25) is 0 Å². The van der Waals surface area contributed by atoms with Crippen LogP contribution in [0.15, 0.2) is 18.2 Å². The summed E-state index contributed by atoms with van der Waals surface area (Å²) in [4.78, 5) is 14.2. The van der Waals surface area contributed by atoms with Crippen LogP contribution in [0.25, 0.3) is 0 Å². The highest BCUT2D eigenvalue weighted by atomic mass is 16.5. The number of urea groups is 1. The average Bonchev–Trinajstić information content (AvgIpc) is 3.31. The van der Waals surface area contributed by atoms with Crippen LogP contribution in [0.4, 0.5) is 4.79 Å². The number of hydrogen-bond donors (Lipinski definition) is 2. The van der Waals surface area contributed by atoms with Crippen molar-refractivity contribution in [1.29, 1.82) is 0 Å². The molecule has 6 heteroatoms. The van der Waals surface area contributed by atoms with E-state index < -0.39 is 0 Å². The van der Waals surface area contributed by atoms with E-state index in [2.05, 4.69) is 15.5 Å². The minimum absolute atomic E-state index is 0.115. The Labute approximate surface area is 138 Å². The first-order valence-corrected chi connectivity index (χ1v) is 7.94. The monoisotopic (exact) mass is 321 g/mol. The molecule has 1 aliphatic rings. The summed E-state index contributed by atoms with van der Waals surface area (Å²) < 4.78 is 10.6. The van der Waals surface area contributed by atoms with Crippen LogP contribution in [0.1, 0.15) is 24.8 Å². The summed E-state index contributed by atoms with van der Waals surface area (Å²) in [7, 11) is 7.28. The van der Waals surface area contributed by atoms with Crippen LogP contribution in [-0.4, -0.2) is 52.3 Å².